The standard InChI is InChI=1S/C14H19N5/c1-10-8-16-6-7-19(10)9-13-17-12-5-3-2-4-11(12)14(15)18-13/h2-5,10,16H,6-9H2,1H3,(H2,15,17,18)/t10-/m1/s1. The van der Waals surface area contributed by atoms with Crippen molar-refractivity contribution in [2.24, 2.45) is 0 Å². The molecule has 19 heavy (non-hydrogen) atoms. The summed E-state index contributed by atoms with van der Waals surface area (Å²) in [6.45, 7) is 6.04. The van der Waals surface area contributed by atoms with Crippen LogP contribution in [0.25, 0.3) is 10.9 Å². The summed E-state index contributed by atoms with van der Waals surface area (Å²) in [7, 11) is 0. The fraction of sp³-hybridized carbons (Fsp3) is 0.429. The van der Waals surface area contributed by atoms with E-state index in [1.165, 1.54) is 0 Å². The van der Waals surface area contributed by atoms with E-state index in [1.807, 2.05) is 24.3 Å². The number of nitrogens with one attached hydrogen (secondary N) is 1. The molecule has 1 aliphatic heterocycles. The average Bonchev–Trinajstić information content (AvgIpc) is 2.42. The number of piperazine rings is 1. The molecule has 1 saturated heterocycles. The molecule has 0 saturated carbocycles. The number of nitrogens with zero attached hydrogens (tertiary/aromatic N) is 3. The monoisotopic (exact) mass is 257 g/mol. The van der Waals surface area contributed by atoms with Crippen molar-refractivity contribution in [3.63, 3.8) is 0 Å². The van der Waals surface area contributed by atoms with Gasteiger partial charge < -0.3 is 11.1 Å². The summed E-state index contributed by atoms with van der Waals surface area (Å²) in [5, 5.41) is 4.31. The van der Waals surface area contributed by atoms with E-state index in [2.05, 4.69) is 27.1 Å². The molecule has 0 spiro atoms. The van der Waals surface area contributed by atoms with Gasteiger partial charge in [0, 0.05) is 31.1 Å². The number of nitrogen functional groups attached to an aromatic ring is 1. The van der Waals surface area contributed by atoms with Crippen molar-refractivity contribution >= 4 is 16.7 Å². The van der Waals surface area contributed by atoms with Gasteiger partial charge in [-0.1, -0.05) is 12.1 Å². The SMILES string of the molecule is C[C@@H]1CNCCN1Cc1nc(N)c2ccccc2n1. The van der Waals surface area contributed by atoms with E-state index in [0.29, 0.717) is 11.9 Å². The topological polar surface area (TPSA) is 67.1 Å². The molecular weight excluding hydrogens is 238 g/mol. The molecule has 0 bridgehead atoms. The largest absolute Gasteiger partial charge is 0.383 e. The Hall–Kier alpha value is -1.72. The normalized spacial score (nSPS) is 20.8. The van der Waals surface area contributed by atoms with Gasteiger partial charge in [-0.2, -0.15) is 0 Å². The maximum atomic E-state index is 6.01. The lowest BCUT2D eigenvalue weighted by atomic mass is 10.2. The van der Waals surface area contributed by atoms with Crippen molar-refractivity contribution < 1.29 is 0 Å². The third-order valence-electron chi connectivity index (χ3n) is 3.66. The van der Waals surface area contributed by atoms with E-state index in [-0.39, 0.29) is 0 Å². The first kappa shape index (κ1) is 12.3. The van der Waals surface area contributed by atoms with Gasteiger partial charge >= 0.3 is 0 Å². The quantitative estimate of drug-likeness (QED) is 0.840. The summed E-state index contributed by atoms with van der Waals surface area (Å²) in [5.41, 5.74) is 6.94. The lowest BCUT2D eigenvalue weighted by Gasteiger charge is -2.33. The van der Waals surface area contributed by atoms with Crippen LogP contribution in [0.15, 0.2) is 24.3 Å². The minimum Gasteiger partial charge on any atom is -0.383 e. The van der Waals surface area contributed by atoms with Crippen LogP contribution in [0.1, 0.15) is 12.7 Å². The predicted molar refractivity (Wildman–Crippen MR) is 76.7 cm³/mol. The van der Waals surface area contributed by atoms with Gasteiger partial charge in [-0.05, 0) is 19.1 Å². The Labute approximate surface area is 112 Å². The van der Waals surface area contributed by atoms with Crippen molar-refractivity contribution in [2.45, 2.75) is 19.5 Å². The molecule has 0 radical (unpaired) electrons. The second kappa shape index (κ2) is 5.11. The molecule has 1 aromatic carbocycles. The van der Waals surface area contributed by atoms with E-state index >= 15 is 0 Å². The van der Waals surface area contributed by atoms with Gasteiger partial charge in [0.15, 0.2) is 0 Å². The third-order valence-corrected chi connectivity index (χ3v) is 3.66. The van der Waals surface area contributed by atoms with E-state index < -0.39 is 0 Å². The molecule has 2 heterocycles. The number of hydrogen-bond acceptors (Lipinski definition) is 5. The molecule has 0 unspecified atom stereocenters. The van der Waals surface area contributed by atoms with Gasteiger partial charge in [0.2, 0.25) is 0 Å². The molecule has 1 fully saturated rings. The number of anilines is 1. The van der Waals surface area contributed by atoms with Crippen molar-refractivity contribution in [3.8, 4) is 0 Å². The highest BCUT2D eigenvalue weighted by molar-refractivity contribution is 5.87. The van der Waals surface area contributed by atoms with E-state index in [1.54, 1.807) is 0 Å². The lowest BCUT2D eigenvalue weighted by molar-refractivity contribution is 0.162. The molecule has 1 aromatic heterocycles. The highest BCUT2D eigenvalue weighted by atomic mass is 15.2. The Kier molecular flexibility index (Phi) is 3.31. The molecule has 1 atom stereocenters. The maximum absolute atomic E-state index is 6.01. The van der Waals surface area contributed by atoms with Crippen LogP contribution in [0.5, 0.6) is 0 Å². The Morgan fingerprint density at radius 2 is 2.21 bits per heavy atom. The fourth-order valence-electron chi connectivity index (χ4n) is 2.52. The molecule has 0 aliphatic carbocycles. The molecule has 5 nitrogen and oxygen atoms in total. The van der Waals surface area contributed by atoms with Gasteiger partial charge in [-0.3, -0.25) is 4.90 Å². The van der Waals surface area contributed by atoms with E-state index in [4.69, 9.17) is 5.73 Å². The number of aromatic nitrogens is 2. The highest BCUT2D eigenvalue weighted by Crippen LogP contribution is 2.18. The maximum Gasteiger partial charge on any atom is 0.145 e. The summed E-state index contributed by atoms with van der Waals surface area (Å²) in [4.78, 5) is 11.4. The zero-order valence-corrected chi connectivity index (χ0v) is 11.1. The summed E-state index contributed by atoms with van der Waals surface area (Å²) >= 11 is 0. The number of nitrogens with two attached hydrogens (primary N) is 1. The number of para-hydroxylation sites is 1. The van der Waals surface area contributed by atoms with Crippen LogP contribution < -0.4 is 11.1 Å². The Morgan fingerprint density at radius 1 is 1.37 bits per heavy atom. The first-order valence-electron chi connectivity index (χ1n) is 6.70. The zero-order chi connectivity index (χ0) is 13.2. The van der Waals surface area contributed by atoms with Gasteiger partial charge in [0.25, 0.3) is 0 Å². The minimum absolute atomic E-state index is 0.505. The van der Waals surface area contributed by atoms with Crippen LogP contribution in [0.4, 0.5) is 5.82 Å². The second-order valence-corrected chi connectivity index (χ2v) is 5.07. The van der Waals surface area contributed by atoms with E-state index in [9.17, 15) is 0 Å². The molecular formula is C14H19N5. The van der Waals surface area contributed by atoms with Gasteiger partial charge in [0.1, 0.15) is 11.6 Å². The van der Waals surface area contributed by atoms with Gasteiger partial charge in [0.05, 0.1) is 12.1 Å². The first-order valence-corrected chi connectivity index (χ1v) is 6.70. The molecule has 2 aromatic rings. The van der Waals surface area contributed by atoms with Gasteiger partial charge in [-0.25, -0.2) is 9.97 Å². The Morgan fingerprint density at radius 3 is 3.05 bits per heavy atom. The summed E-state index contributed by atoms with van der Waals surface area (Å²) < 4.78 is 0. The van der Waals surface area contributed by atoms with Crippen LogP contribution in [0, 0.1) is 0 Å². The molecule has 3 N–H and O–H groups in total. The molecule has 3 rings (SSSR count). The third kappa shape index (κ3) is 2.52. The second-order valence-electron chi connectivity index (χ2n) is 5.07. The fourth-order valence-corrected chi connectivity index (χ4v) is 2.52. The number of fused-ring (bicyclic) bond motifs is 1. The van der Waals surface area contributed by atoms with Crippen molar-refractivity contribution in [3.05, 3.63) is 30.1 Å². The van der Waals surface area contributed by atoms with Crippen molar-refractivity contribution in [1.82, 2.24) is 20.2 Å². The van der Waals surface area contributed by atoms with E-state index in [0.717, 1.165) is 42.9 Å². The number of rotatable bonds is 2. The molecule has 1 aliphatic rings. The summed E-state index contributed by atoms with van der Waals surface area (Å²) in [6.07, 6.45) is 0. The van der Waals surface area contributed by atoms with Crippen LogP contribution in [-0.4, -0.2) is 40.5 Å². The number of benzene rings is 1. The Bertz CT molecular complexity index is 583. The highest BCUT2D eigenvalue weighted by Gasteiger charge is 2.19. The average molecular weight is 257 g/mol. The molecule has 0 amide bonds. The van der Waals surface area contributed by atoms with Crippen LogP contribution in [-0.2, 0) is 6.54 Å². The van der Waals surface area contributed by atoms with Crippen molar-refractivity contribution in [1.29, 1.82) is 0 Å². The smallest absolute Gasteiger partial charge is 0.145 e. The van der Waals surface area contributed by atoms with Crippen LogP contribution in [0.3, 0.4) is 0 Å². The first-order chi connectivity index (χ1) is 9.24. The summed E-state index contributed by atoms with van der Waals surface area (Å²) in [5.74, 6) is 1.38. The lowest BCUT2D eigenvalue weighted by Crippen LogP contribution is -2.49. The molecule has 5 heteroatoms. The van der Waals surface area contributed by atoms with Crippen molar-refractivity contribution in [2.75, 3.05) is 25.4 Å². The molecule has 100 valence electrons. The minimum atomic E-state index is 0.505. The summed E-state index contributed by atoms with van der Waals surface area (Å²) in [6, 6.07) is 8.39. The van der Waals surface area contributed by atoms with Crippen LogP contribution >= 0.6 is 0 Å². The van der Waals surface area contributed by atoms with Crippen LogP contribution in [0.2, 0.25) is 0 Å². The number of hydrogen-bond donors (Lipinski definition) is 2. The zero-order valence-electron chi connectivity index (χ0n) is 11.1. The van der Waals surface area contributed by atoms with Gasteiger partial charge in [-0.15, -0.1) is 0 Å². The Balaban J connectivity index is 1.88. The predicted octanol–water partition coefficient (Wildman–Crippen LogP) is 1.01.